The van der Waals surface area contributed by atoms with E-state index in [1.165, 1.54) is 13.5 Å². The number of hydrogen-bond donors (Lipinski definition) is 0. The molecule has 0 bridgehead atoms. The number of rotatable bonds is 7. The Morgan fingerprint density at radius 2 is 1.78 bits per heavy atom. The minimum atomic E-state index is 0.627. The van der Waals surface area contributed by atoms with Crippen molar-refractivity contribution in [2.24, 2.45) is 17.0 Å². The smallest absolute Gasteiger partial charge is 0.128 e. The minimum absolute atomic E-state index is 0.627. The quantitative estimate of drug-likeness (QED) is 0.222. The average molecular weight is 502 g/mol. The summed E-state index contributed by atoms with van der Waals surface area (Å²) >= 11 is 5.98. The number of benzene rings is 2. The lowest BCUT2D eigenvalue weighted by atomic mass is 9.92. The Morgan fingerprint density at radius 3 is 2.47 bits per heavy atom. The average Bonchev–Trinajstić information content (AvgIpc) is 2.87. The number of likely N-dealkylation sites (tertiary alicyclic amines) is 1. The lowest BCUT2D eigenvalue weighted by Crippen LogP contribution is -2.40. The number of oxime groups is 1. The van der Waals surface area contributed by atoms with Crippen LogP contribution < -0.4 is 4.74 Å². The highest BCUT2D eigenvalue weighted by atomic mass is 35.5. The largest absolute Gasteiger partial charge is 0.492 e. The summed E-state index contributed by atoms with van der Waals surface area (Å²) in [6, 6.07) is 17.5. The second-order valence-electron chi connectivity index (χ2n) is 9.41. The zero-order valence-corrected chi connectivity index (χ0v) is 21.8. The van der Waals surface area contributed by atoms with Gasteiger partial charge in [-0.25, -0.2) is 4.98 Å². The van der Waals surface area contributed by atoms with Crippen LogP contribution in [0.15, 0.2) is 65.9 Å². The molecule has 2 atom stereocenters. The van der Waals surface area contributed by atoms with Gasteiger partial charge >= 0.3 is 0 Å². The number of nitrogens with zero attached hydrogens (tertiary/aromatic N) is 3. The Labute approximate surface area is 219 Å². The SMILES string of the molecule is CON=Cc1cc(C#Cc2ccc(-c3ccc(Cl)cc3)cn2)ccc1OCCN1CC(C)CC(C)C1. The summed E-state index contributed by atoms with van der Waals surface area (Å²) < 4.78 is 6.13. The molecular weight excluding hydrogens is 470 g/mol. The number of pyridine rings is 1. The van der Waals surface area contributed by atoms with Crippen LogP contribution in [0.3, 0.4) is 0 Å². The molecule has 2 aromatic carbocycles. The van der Waals surface area contributed by atoms with E-state index in [-0.39, 0.29) is 0 Å². The Bertz CT molecular complexity index is 1220. The van der Waals surface area contributed by atoms with E-state index in [1.807, 2.05) is 60.8 Å². The topological polar surface area (TPSA) is 47.0 Å². The number of aromatic nitrogens is 1. The summed E-state index contributed by atoms with van der Waals surface area (Å²) in [6.45, 7) is 8.46. The fraction of sp³-hybridized carbons (Fsp3) is 0.333. The van der Waals surface area contributed by atoms with Gasteiger partial charge in [-0.05, 0) is 66.1 Å². The van der Waals surface area contributed by atoms with Gasteiger partial charge in [0.1, 0.15) is 25.2 Å². The molecule has 6 heteroatoms. The first kappa shape index (κ1) is 25.8. The van der Waals surface area contributed by atoms with Gasteiger partial charge in [-0.2, -0.15) is 0 Å². The van der Waals surface area contributed by atoms with Gasteiger partial charge in [0.15, 0.2) is 0 Å². The van der Waals surface area contributed by atoms with Crippen molar-refractivity contribution in [3.63, 3.8) is 0 Å². The molecule has 186 valence electrons. The van der Waals surface area contributed by atoms with Crippen molar-refractivity contribution in [2.75, 3.05) is 33.4 Å². The van der Waals surface area contributed by atoms with E-state index in [0.29, 0.717) is 17.3 Å². The molecule has 0 spiro atoms. The molecule has 2 heterocycles. The fourth-order valence-electron chi connectivity index (χ4n) is 4.64. The van der Waals surface area contributed by atoms with Crippen LogP contribution in [-0.2, 0) is 4.84 Å². The van der Waals surface area contributed by atoms with E-state index in [1.54, 1.807) is 6.21 Å². The molecule has 2 unspecified atom stereocenters. The van der Waals surface area contributed by atoms with E-state index < -0.39 is 0 Å². The van der Waals surface area contributed by atoms with Crippen LogP contribution in [0, 0.1) is 23.7 Å². The van der Waals surface area contributed by atoms with Gasteiger partial charge in [0.2, 0.25) is 0 Å². The predicted octanol–water partition coefficient (Wildman–Crippen LogP) is 6.14. The standard InChI is InChI=1S/C30H32ClN3O2/c1-22-16-23(2)21-34(20-22)14-15-36-30-13-5-24(17-27(30)19-33-35-3)4-11-29-12-8-26(18-32-29)25-6-9-28(31)10-7-25/h5-10,12-13,17-19,22-23H,14-16,20-21H2,1-3H3. The van der Waals surface area contributed by atoms with Crippen LogP contribution in [0.1, 0.15) is 37.1 Å². The van der Waals surface area contributed by atoms with Crippen LogP contribution in [-0.4, -0.2) is 49.4 Å². The molecule has 0 amide bonds. The molecule has 0 radical (unpaired) electrons. The van der Waals surface area contributed by atoms with Crippen molar-refractivity contribution in [3.05, 3.63) is 82.6 Å². The normalized spacial score (nSPS) is 18.0. The summed E-state index contributed by atoms with van der Waals surface area (Å²) in [5.41, 5.74) is 4.46. The van der Waals surface area contributed by atoms with Gasteiger partial charge < -0.3 is 9.57 Å². The second kappa shape index (κ2) is 12.6. The van der Waals surface area contributed by atoms with Crippen molar-refractivity contribution >= 4 is 17.8 Å². The fourth-order valence-corrected chi connectivity index (χ4v) is 4.77. The second-order valence-corrected chi connectivity index (χ2v) is 9.85. The van der Waals surface area contributed by atoms with E-state index in [0.717, 1.165) is 59.5 Å². The van der Waals surface area contributed by atoms with E-state index in [9.17, 15) is 0 Å². The Balaban J connectivity index is 1.42. The molecular formula is C30H32ClN3O2. The van der Waals surface area contributed by atoms with Crippen molar-refractivity contribution in [2.45, 2.75) is 20.3 Å². The summed E-state index contributed by atoms with van der Waals surface area (Å²) in [7, 11) is 1.53. The van der Waals surface area contributed by atoms with Crippen LogP contribution in [0.2, 0.25) is 5.02 Å². The summed E-state index contributed by atoms with van der Waals surface area (Å²) in [5, 5.41) is 4.65. The molecule has 3 aromatic rings. The van der Waals surface area contributed by atoms with Crippen molar-refractivity contribution < 1.29 is 9.57 Å². The third-order valence-corrected chi connectivity index (χ3v) is 6.44. The highest BCUT2D eigenvalue weighted by Crippen LogP contribution is 2.23. The van der Waals surface area contributed by atoms with Crippen LogP contribution in [0.4, 0.5) is 0 Å². The van der Waals surface area contributed by atoms with Crippen LogP contribution in [0.25, 0.3) is 11.1 Å². The molecule has 36 heavy (non-hydrogen) atoms. The molecule has 5 nitrogen and oxygen atoms in total. The van der Waals surface area contributed by atoms with E-state index >= 15 is 0 Å². The van der Waals surface area contributed by atoms with Gasteiger partial charge in [0.25, 0.3) is 0 Å². The monoisotopic (exact) mass is 501 g/mol. The lowest BCUT2D eigenvalue weighted by molar-refractivity contribution is 0.120. The maximum absolute atomic E-state index is 6.13. The Morgan fingerprint density at radius 1 is 1.03 bits per heavy atom. The third kappa shape index (κ3) is 7.34. The minimum Gasteiger partial charge on any atom is -0.492 e. The van der Waals surface area contributed by atoms with Crippen molar-refractivity contribution in [3.8, 4) is 28.7 Å². The van der Waals surface area contributed by atoms with E-state index in [4.69, 9.17) is 21.2 Å². The first-order chi connectivity index (χ1) is 17.5. The van der Waals surface area contributed by atoms with Gasteiger partial charge in [0, 0.05) is 47.5 Å². The maximum atomic E-state index is 6.13. The highest BCUT2D eigenvalue weighted by molar-refractivity contribution is 6.30. The summed E-state index contributed by atoms with van der Waals surface area (Å²) in [4.78, 5) is 11.9. The first-order valence-electron chi connectivity index (χ1n) is 12.3. The molecule has 1 saturated heterocycles. The molecule has 0 N–H and O–H groups in total. The zero-order chi connectivity index (χ0) is 25.3. The first-order valence-corrected chi connectivity index (χ1v) is 12.7. The van der Waals surface area contributed by atoms with Gasteiger partial charge in [-0.15, -0.1) is 0 Å². The zero-order valence-electron chi connectivity index (χ0n) is 21.1. The van der Waals surface area contributed by atoms with Crippen LogP contribution in [0.5, 0.6) is 5.75 Å². The molecule has 1 aromatic heterocycles. The summed E-state index contributed by atoms with van der Waals surface area (Å²) in [6.07, 6.45) is 4.79. The Hall–Kier alpha value is -3.33. The number of ether oxygens (including phenoxy) is 1. The molecule has 0 aliphatic carbocycles. The van der Waals surface area contributed by atoms with Crippen molar-refractivity contribution in [1.29, 1.82) is 0 Å². The highest BCUT2D eigenvalue weighted by Gasteiger charge is 2.21. The van der Waals surface area contributed by atoms with Gasteiger partial charge in [0.05, 0.1) is 6.21 Å². The molecule has 0 saturated carbocycles. The summed E-state index contributed by atoms with van der Waals surface area (Å²) in [5.74, 6) is 8.57. The number of halogens is 1. The molecule has 1 fully saturated rings. The molecule has 4 rings (SSSR count). The predicted molar refractivity (Wildman–Crippen MR) is 147 cm³/mol. The van der Waals surface area contributed by atoms with Crippen LogP contribution >= 0.6 is 11.6 Å². The number of hydrogen-bond acceptors (Lipinski definition) is 5. The third-order valence-electron chi connectivity index (χ3n) is 6.19. The number of piperidine rings is 1. The Kier molecular flexibility index (Phi) is 9.00. The molecule has 1 aliphatic rings. The van der Waals surface area contributed by atoms with Gasteiger partial charge in [-0.3, -0.25) is 4.90 Å². The maximum Gasteiger partial charge on any atom is 0.128 e. The molecule has 1 aliphatic heterocycles. The van der Waals surface area contributed by atoms with Crippen molar-refractivity contribution in [1.82, 2.24) is 9.88 Å². The van der Waals surface area contributed by atoms with E-state index in [2.05, 4.69) is 40.7 Å². The lowest BCUT2D eigenvalue weighted by Gasteiger charge is -2.34. The van der Waals surface area contributed by atoms with Gasteiger partial charge in [-0.1, -0.05) is 54.7 Å².